The highest BCUT2D eigenvalue weighted by atomic mass is 35.5. The average molecular weight is 202 g/mol. The summed E-state index contributed by atoms with van der Waals surface area (Å²) < 4.78 is 5.60. The van der Waals surface area contributed by atoms with Crippen LogP contribution in [0.5, 0.6) is 5.75 Å². The lowest BCUT2D eigenvalue weighted by Gasteiger charge is -2.21. The topological polar surface area (TPSA) is 35.2 Å². The third kappa shape index (κ3) is 4.63. The number of nitrogens with two attached hydrogens (primary N) is 1. The van der Waals surface area contributed by atoms with E-state index in [-0.39, 0.29) is 18.0 Å². The van der Waals surface area contributed by atoms with E-state index in [4.69, 9.17) is 10.5 Å². The van der Waals surface area contributed by atoms with Gasteiger partial charge in [0.25, 0.3) is 0 Å². The second kappa shape index (κ2) is 4.38. The summed E-state index contributed by atoms with van der Waals surface area (Å²) in [6.07, 6.45) is 0. The molecule has 2 N–H and O–H groups in total. The predicted molar refractivity (Wildman–Crippen MR) is 58.5 cm³/mol. The van der Waals surface area contributed by atoms with E-state index >= 15 is 0 Å². The Morgan fingerprint density at radius 3 is 2.31 bits per heavy atom. The van der Waals surface area contributed by atoms with Crippen molar-refractivity contribution in [3.63, 3.8) is 0 Å². The van der Waals surface area contributed by atoms with E-state index < -0.39 is 0 Å². The van der Waals surface area contributed by atoms with Crippen LogP contribution in [0, 0.1) is 0 Å². The van der Waals surface area contributed by atoms with Gasteiger partial charge in [-0.3, -0.25) is 0 Å². The minimum atomic E-state index is -0.159. The fourth-order valence-electron chi connectivity index (χ4n) is 0.932. The number of rotatable bonds is 1. The first-order valence-corrected chi connectivity index (χ1v) is 4.02. The Labute approximate surface area is 85.5 Å². The molecule has 0 fully saturated rings. The van der Waals surface area contributed by atoms with Crippen molar-refractivity contribution in [3.8, 4) is 5.75 Å². The van der Waals surface area contributed by atoms with Gasteiger partial charge in [-0.25, -0.2) is 0 Å². The number of halogens is 1. The minimum absolute atomic E-state index is 0. The Bertz CT molecular complexity index is 268. The van der Waals surface area contributed by atoms with Crippen LogP contribution < -0.4 is 10.5 Å². The molecule has 74 valence electrons. The van der Waals surface area contributed by atoms with Crippen LogP contribution in [0.3, 0.4) is 0 Å². The van der Waals surface area contributed by atoms with Gasteiger partial charge in [0.15, 0.2) is 0 Å². The monoisotopic (exact) mass is 201 g/mol. The summed E-state index contributed by atoms with van der Waals surface area (Å²) >= 11 is 0. The number of anilines is 1. The summed E-state index contributed by atoms with van der Waals surface area (Å²) in [5.41, 5.74) is 6.17. The lowest BCUT2D eigenvalue weighted by Crippen LogP contribution is -2.22. The van der Waals surface area contributed by atoms with Crippen molar-refractivity contribution >= 4 is 18.1 Å². The summed E-state index contributed by atoms with van der Waals surface area (Å²) in [4.78, 5) is 0. The zero-order valence-corrected chi connectivity index (χ0v) is 9.02. The van der Waals surface area contributed by atoms with Gasteiger partial charge in [0, 0.05) is 11.8 Å². The quantitative estimate of drug-likeness (QED) is 0.710. The molecule has 13 heavy (non-hydrogen) atoms. The first-order chi connectivity index (χ1) is 5.47. The Morgan fingerprint density at radius 2 is 1.85 bits per heavy atom. The van der Waals surface area contributed by atoms with Crippen molar-refractivity contribution < 1.29 is 4.74 Å². The lowest BCUT2D eigenvalue weighted by molar-refractivity contribution is 0.131. The van der Waals surface area contributed by atoms with E-state index in [0.717, 1.165) is 11.4 Å². The molecule has 0 aromatic heterocycles. The molecule has 0 aliphatic heterocycles. The molecule has 0 amide bonds. The molecular weight excluding hydrogens is 186 g/mol. The van der Waals surface area contributed by atoms with Gasteiger partial charge in [0.1, 0.15) is 11.4 Å². The normalized spacial score (nSPS) is 10.4. The zero-order chi connectivity index (χ0) is 9.19. The summed E-state index contributed by atoms with van der Waals surface area (Å²) in [7, 11) is 0. The minimum Gasteiger partial charge on any atom is -0.488 e. The number of nitrogen functional groups attached to an aromatic ring is 1. The Balaban J connectivity index is 0.00000144. The maximum absolute atomic E-state index is 5.60. The van der Waals surface area contributed by atoms with Crippen LogP contribution in [0.1, 0.15) is 20.8 Å². The van der Waals surface area contributed by atoms with Crippen LogP contribution in [-0.2, 0) is 0 Å². The second-order valence-corrected chi connectivity index (χ2v) is 3.79. The highest BCUT2D eigenvalue weighted by Gasteiger charge is 2.10. The van der Waals surface area contributed by atoms with Crippen LogP contribution in [0.25, 0.3) is 0 Å². The highest BCUT2D eigenvalue weighted by molar-refractivity contribution is 5.85. The van der Waals surface area contributed by atoms with E-state index in [1.165, 1.54) is 0 Å². The van der Waals surface area contributed by atoms with Gasteiger partial charge in [-0.15, -0.1) is 12.4 Å². The number of ether oxygens (including phenoxy) is 1. The molecule has 2 nitrogen and oxygen atoms in total. The van der Waals surface area contributed by atoms with Gasteiger partial charge < -0.3 is 10.5 Å². The van der Waals surface area contributed by atoms with E-state index in [0.29, 0.717) is 0 Å². The van der Waals surface area contributed by atoms with E-state index in [1.807, 2.05) is 45.0 Å². The zero-order valence-electron chi connectivity index (χ0n) is 8.20. The Hall–Kier alpha value is -0.890. The van der Waals surface area contributed by atoms with Crippen molar-refractivity contribution in [3.05, 3.63) is 24.3 Å². The van der Waals surface area contributed by atoms with E-state index in [1.54, 1.807) is 0 Å². The van der Waals surface area contributed by atoms with Gasteiger partial charge in [-0.2, -0.15) is 0 Å². The van der Waals surface area contributed by atoms with Gasteiger partial charge in [0.05, 0.1) is 0 Å². The standard InChI is InChI=1S/C10H15NO.ClH/c1-10(2,3)12-9-6-4-5-8(11)7-9;/h4-7H,11H2,1-3H3;1H. The first kappa shape index (κ1) is 12.1. The van der Waals surface area contributed by atoms with Crippen molar-refractivity contribution in [1.29, 1.82) is 0 Å². The fourth-order valence-corrected chi connectivity index (χ4v) is 0.932. The molecule has 0 aliphatic rings. The highest BCUT2D eigenvalue weighted by Crippen LogP contribution is 2.19. The van der Waals surface area contributed by atoms with Gasteiger partial charge in [-0.05, 0) is 32.9 Å². The smallest absolute Gasteiger partial charge is 0.122 e. The maximum atomic E-state index is 5.60. The molecule has 0 spiro atoms. The van der Waals surface area contributed by atoms with Crippen molar-refractivity contribution in [2.75, 3.05) is 5.73 Å². The molecule has 0 aliphatic carbocycles. The molecule has 0 unspecified atom stereocenters. The molecule has 1 rings (SSSR count). The van der Waals surface area contributed by atoms with E-state index in [9.17, 15) is 0 Å². The van der Waals surface area contributed by atoms with Crippen molar-refractivity contribution in [1.82, 2.24) is 0 Å². The number of benzene rings is 1. The van der Waals surface area contributed by atoms with Crippen molar-refractivity contribution in [2.45, 2.75) is 26.4 Å². The Morgan fingerprint density at radius 1 is 1.23 bits per heavy atom. The predicted octanol–water partition coefficient (Wildman–Crippen LogP) is 2.87. The van der Waals surface area contributed by atoms with Crippen LogP contribution in [-0.4, -0.2) is 5.60 Å². The number of hydrogen-bond acceptors (Lipinski definition) is 2. The summed E-state index contributed by atoms with van der Waals surface area (Å²) in [5, 5.41) is 0. The fraction of sp³-hybridized carbons (Fsp3) is 0.400. The SMILES string of the molecule is CC(C)(C)Oc1cccc(N)c1.Cl. The molecule has 0 bridgehead atoms. The number of hydrogen-bond donors (Lipinski definition) is 1. The molecule has 0 heterocycles. The maximum Gasteiger partial charge on any atom is 0.122 e. The molecule has 3 heteroatoms. The third-order valence-electron chi connectivity index (χ3n) is 1.28. The molecular formula is C10H16ClNO. The largest absolute Gasteiger partial charge is 0.488 e. The van der Waals surface area contributed by atoms with Crippen LogP contribution in [0.15, 0.2) is 24.3 Å². The van der Waals surface area contributed by atoms with Gasteiger partial charge in [0.2, 0.25) is 0 Å². The van der Waals surface area contributed by atoms with Gasteiger partial charge >= 0.3 is 0 Å². The average Bonchev–Trinajstić information content (AvgIpc) is 1.82. The summed E-state index contributed by atoms with van der Waals surface area (Å²) in [5.74, 6) is 0.822. The molecule has 0 saturated heterocycles. The molecule has 1 aromatic carbocycles. The van der Waals surface area contributed by atoms with E-state index in [2.05, 4.69) is 0 Å². The lowest BCUT2D eigenvalue weighted by atomic mass is 10.2. The van der Waals surface area contributed by atoms with Gasteiger partial charge in [-0.1, -0.05) is 6.07 Å². The first-order valence-electron chi connectivity index (χ1n) is 4.02. The Kier molecular flexibility index (Phi) is 4.08. The van der Waals surface area contributed by atoms with Crippen LogP contribution in [0.2, 0.25) is 0 Å². The third-order valence-corrected chi connectivity index (χ3v) is 1.28. The summed E-state index contributed by atoms with van der Waals surface area (Å²) in [6, 6.07) is 7.46. The summed E-state index contributed by atoms with van der Waals surface area (Å²) in [6.45, 7) is 6.03. The molecule has 0 radical (unpaired) electrons. The molecule has 0 atom stereocenters. The second-order valence-electron chi connectivity index (χ2n) is 3.79. The van der Waals surface area contributed by atoms with Crippen LogP contribution >= 0.6 is 12.4 Å². The molecule has 0 saturated carbocycles. The van der Waals surface area contributed by atoms with Crippen LogP contribution in [0.4, 0.5) is 5.69 Å². The van der Waals surface area contributed by atoms with Crippen molar-refractivity contribution in [2.24, 2.45) is 0 Å². The molecule has 1 aromatic rings.